The summed E-state index contributed by atoms with van der Waals surface area (Å²) in [6.07, 6.45) is 4.56. The second-order valence-corrected chi connectivity index (χ2v) is 5.37. The van der Waals surface area contributed by atoms with Crippen LogP contribution in [0.25, 0.3) is 0 Å². The molecule has 0 aromatic carbocycles. The lowest BCUT2D eigenvalue weighted by molar-refractivity contribution is 0.0346. The van der Waals surface area contributed by atoms with Crippen LogP contribution in [0, 0.1) is 0 Å². The number of ether oxygens (including phenoxy) is 1. The zero-order chi connectivity index (χ0) is 14.0. The molecule has 4 N–H and O–H groups in total. The Morgan fingerprint density at radius 1 is 1.30 bits per heavy atom. The average Bonchev–Trinajstić information content (AvgIpc) is 2.48. The van der Waals surface area contributed by atoms with Gasteiger partial charge < -0.3 is 16.2 Å². The summed E-state index contributed by atoms with van der Waals surface area (Å²) in [4.78, 5) is 15.0. The second-order valence-electron chi connectivity index (χ2n) is 5.37. The van der Waals surface area contributed by atoms with Crippen molar-refractivity contribution >= 4 is 12.0 Å². The fourth-order valence-corrected chi connectivity index (χ4v) is 2.60. The first-order valence-electron chi connectivity index (χ1n) is 6.90. The van der Waals surface area contributed by atoms with Crippen molar-refractivity contribution < 1.29 is 4.74 Å². The number of anilines is 1. The van der Waals surface area contributed by atoms with E-state index in [0.29, 0.717) is 12.2 Å². The molecule has 0 amide bonds. The van der Waals surface area contributed by atoms with Crippen LogP contribution in [-0.2, 0) is 11.2 Å². The summed E-state index contributed by atoms with van der Waals surface area (Å²) in [6, 6.07) is 0. The van der Waals surface area contributed by atoms with Crippen molar-refractivity contribution in [3.8, 4) is 0 Å². The van der Waals surface area contributed by atoms with E-state index in [1.807, 2.05) is 0 Å². The molecule has 1 atom stereocenters. The van der Waals surface area contributed by atoms with Crippen LogP contribution < -0.4 is 11.5 Å². The number of fused-ring (bicyclic) bond motifs is 1. The Hall–Kier alpha value is -1.57. The van der Waals surface area contributed by atoms with E-state index < -0.39 is 5.66 Å². The predicted molar refractivity (Wildman–Crippen MR) is 76.5 cm³/mol. The van der Waals surface area contributed by atoms with E-state index in [4.69, 9.17) is 16.2 Å². The molecule has 7 heteroatoms. The molecular weight excluding hydrogens is 256 g/mol. The molecule has 7 nitrogen and oxygen atoms in total. The van der Waals surface area contributed by atoms with Gasteiger partial charge in [0.05, 0.1) is 18.9 Å². The third-order valence-electron chi connectivity index (χ3n) is 3.90. The normalized spacial score (nSPS) is 26.4. The number of aromatic nitrogens is 2. The van der Waals surface area contributed by atoms with Crippen LogP contribution in [0.3, 0.4) is 0 Å². The summed E-state index contributed by atoms with van der Waals surface area (Å²) >= 11 is 0. The molecule has 0 spiro atoms. The van der Waals surface area contributed by atoms with Gasteiger partial charge >= 0.3 is 0 Å². The molecule has 0 bridgehead atoms. The number of hydrogen-bond acceptors (Lipinski definition) is 7. The van der Waals surface area contributed by atoms with E-state index in [9.17, 15) is 0 Å². The average molecular weight is 276 g/mol. The highest BCUT2D eigenvalue weighted by Crippen LogP contribution is 2.25. The van der Waals surface area contributed by atoms with Crippen LogP contribution in [-0.4, -0.2) is 59.6 Å². The molecule has 20 heavy (non-hydrogen) atoms. The number of aliphatic imine (C=N–C) groups is 1. The van der Waals surface area contributed by atoms with Crippen molar-refractivity contribution in [3.63, 3.8) is 0 Å². The molecule has 0 aliphatic carbocycles. The van der Waals surface area contributed by atoms with Gasteiger partial charge in [-0.05, 0) is 6.42 Å². The first kappa shape index (κ1) is 13.4. The van der Waals surface area contributed by atoms with Gasteiger partial charge in [-0.3, -0.25) is 9.89 Å². The van der Waals surface area contributed by atoms with Gasteiger partial charge in [-0.1, -0.05) is 0 Å². The Labute approximate surface area is 118 Å². The Balaban J connectivity index is 1.66. The number of nitrogens with zero attached hydrogens (tertiary/aromatic N) is 4. The maximum atomic E-state index is 6.39. The molecule has 0 saturated carbocycles. The van der Waals surface area contributed by atoms with E-state index in [1.54, 1.807) is 6.21 Å². The zero-order valence-electron chi connectivity index (χ0n) is 11.5. The molecule has 2 aliphatic rings. The molecule has 1 saturated heterocycles. The third-order valence-corrected chi connectivity index (χ3v) is 3.90. The monoisotopic (exact) mass is 276 g/mol. The molecular formula is C13H20N6O. The van der Waals surface area contributed by atoms with Crippen LogP contribution in [0.5, 0.6) is 0 Å². The summed E-state index contributed by atoms with van der Waals surface area (Å²) < 4.78 is 5.34. The largest absolute Gasteiger partial charge is 0.383 e. The van der Waals surface area contributed by atoms with Crippen molar-refractivity contribution in [1.82, 2.24) is 14.9 Å². The Morgan fingerprint density at radius 2 is 2.10 bits per heavy atom. The zero-order valence-corrected chi connectivity index (χ0v) is 11.5. The lowest BCUT2D eigenvalue weighted by atomic mass is 9.94. The number of morpholine rings is 1. The maximum Gasteiger partial charge on any atom is 0.130 e. The number of nitrogens with two attached hydrogens (primary N) is 2. The highest BCUT2D eigenvalue weighted by molar-refractivity contribution is 5.82. The molecule has 108 valence electrons. The quantitative estimate of drug-likeness (QED) is 0.765. The Kier molecular flexibility index (Phi) is 3.64. The van der Waals surface area contributed by atoms with Crippen LogP contribution in [0.15, 0.2) is 11.3 Å². The van der Waals surface area contributed by atoms with Crippen molar-refractivity contribution in [2.45, 2.75) is 18.5 Å². The summed E-state index contributed by atoms with van der Waals surface area (Å²) in [5.41, 5.74) is 13.4. The topological polar surface area (TPSA) is 103 Å². The lowest BCUT2D eigenvalue weighted by Gasteiger charge is -2.33. The highest BCUT2D eigenvalue weighted by Gasteiger charge is 2.30. The minimum Gasteiger partial charge on any atom is -0.383 e. The highest BCUT2D eigenvalue weighted by atomic mass is 16.5. The Morgan fingerprint density at radius 3 is 2.90 bits per heavy atom. The minimum atomic E-state index is -0.607. The van der Waals surface area contributed by atoms with Crippen molar-refractivity contribution in [2.75, 3.05) is 38.6 Å². The molecule has 3 heterocycles. The van der Waals surface area contributed by atoms with Crippen molar-refractivity contribution in [2.24, 2.45) is 10.7 Å². The summed E-state index contributed by atoms with van der Waals surface area (Å²) in [5, 5.41) is 0. The van der Waals surface area contributed by atoms with E-state index in [1.165, 1.54) is 6.33 Å². The standard InChI is InChI=1S/C13H20N6O/c14-12-10-7-13(15,18-8-11(10)16-9-17-12)1-2-19-3-5-20-6-4-19/h8-9H,1-7,15H2,(H2,14,16,17). The number of hydrogen-bond donors (Lipinski definition) is 2. The molecule has 2 aliphatic heterocycles. The van der Waals surface area contributed by atoms with Gasteiger partial charge in [0.1, 0.15) is 17.8 Å². The third kappa shape index (κ3) is 2.79. The number of nitrogen functional groups attached to an aromatic ring is 1. The van der Waals surface area contributed by atoms with E-state index in [0.717, 1.165) is 50.5 Å². The van der Waals surface area contributed by atoms with Gasteiger partial charge in [-0.15, -0.1) is 0 Å². The van der Waals surface area contributed by atoms with Gasteiger partial charge in [0.25, 0.3) is 0 Å². The van der Waals surface area contributed by atoms with Gasteiger partial charge in [-0.2, -0.15) is 0 Å². The first-order valence-corrected chi connectivity index (χ1v) is 6.90. The Bertz CT molecular complexity index is 514. The minimum absolute atomic E-state index is 0.502. The smallest absolute Gasteiger partial charge is 0.130 e. The van der Waals surface area contributed by atoms with Crippen molar-refractivity contribution in [3.05, 3.63) is 17.6 Å². The maximum absolute atomic E-state index is 6.39. The van der Waals surface area contributed by atoms with E-state index >= 15 is 0 Å². The molecule has 3 rings (SSSR count). The predicted octanol–water partition coefficient (Wildman–Crippen LogP) is -0.589. The van der Waals surface area contributed by atoms with Crippen LogP contribution >= 0.6 is 0 Å². The SMILES string of the molecule is Nc1ncnc2c1CC(N)(CCN1CCOCC1)N=C2. The molecule has 1 unspecified atom stereocenters. The van der Waals surface area contributed by atoms with Crippen LogP contribution in [0.4, 0.5) is 5.82 Å². The molecule has 1 aromatic rings. The lowest BCUT2D eigenvalue weighted by Crippen LogP contribution is -2.47. The summed E-state index contributed by atoms with van der Waals surface area (Å²) in [7, 11) is 0. The van der Waals surface area contributed by atoms with Crippen LogP contribution in [0.1, 0.15) is 17.7 Å². The second kappa shape index (κ2) is 5.43. The fourth-order valence-electron chi connectivity index (χ4n) is 2.60. The molecule has 1 aromatic heterocycles. The molecule has 0 radical (unpaired) electrons. The number of rotatable bonds is 3. The summed E-state index contributed by atoms with van der Waals surface area (Å²) in [5.74, 6) is 0.502. The summed E-state index contributed by atoms with van der Waals surface area (Å²) in [6.45, 7) is 4.43. The van der Waals surface area contributed by atoms with Gasteiger partial charge in [0, 0.05) is 37.8 Å². The fraction of sp³-hybridized carbons (Fsp3) is 0.615. The van der Waals surface area contributed by atoms with Crippen LogP contribution in [0.2, 0.25) is 0 Å². The first-order chi connectivity index (χ1) is 9.66. The van der Waals surface area contributed by atoms with E-state index in [-0.39, 0.29) is 0 Å². The van der Waals surface area contributed by atoms with Gasteiger partial charge in [0.2, 0.25) is 0 Å². The van der Waals surface area contributed by atoms with Gasteiger partial charge in [-0.25, -0.2) is 9.97 Å². The van der Waals surface area contributed by atoms with E-state index in [2.05, 4.69) is 19.9 Å². The van der Waals surface area contributed by atoms with Crippen molar-refractivity contribution in [1.29, 1.82) is 0 Å². The van der Waals surface area contributed by atoms with Gasteiger partial charge in [0.15, 0.2) is 0 Å². The molecule has 1 fully saturated rings.